The molecular weight excluding hydrogens is 282 g/mol. The fourth-order valence-electron chi connectivity index (χ4n) is 2.78. The first kappa shape index (κ1) is 14.0. The highest BCUT2D eigenvalue weighted by Crippen LogP contribution is 2.33. The molecule has 2 aromatic carbocycles. The zero-order valence-electron chi connectivity index (χ0n) is 12.2. The number of hydrogen-bond acceptors (Lipinski definition) is 3. The van der Waals surface area contributed by atoms with Crippen molar-refractivity contribution in [2.24, 2.45) is 10.7 Å². The molecule has 0 amide bonds. The molecule has 2 N–H and O–H groups in total. The van der Waals surface area contributed by atoms with Gasteiger partial charge >= 0.3 is 0 Å². The van der Waals surface area contributed by atoms with Crippen LogP contribution >= 0.6 is 11.6 Å². The molecule has 0 bridgehead atoms. The van der Waals surface area contributed by atoms with Crippen molar-refractivity contribution >= 4 is 23.2 Å². The maximum Gasteiger partial charge on any atom is 0.196 e. The van der Waals surface area contributed by atoms with Gasteiger partial charge in [0.2, 0.25) is 0 Å². The van der Waals surface area contributed by atoms with Crippen LogP contribution in [-0.2, 0) is 0 Å². The first-order valence-corrected chi connectivity index (χ1v) is 7.36. The van der Waals surface area contributed by atoms with Crippen molar-refractivity contribution in [3.8, 4) is 0 Å². The number of nitrogens with zero attached hydrogens (tertiary/aromatic N) is 2. The van der Waals surface area contributed by atoms with E-state index in [1.165, 1.54) is 16.7 Å². The van der Waals surface area contributed by atoms with E-state index in [1.807, 2.05) is 24.3 Å². The van der Waals surface area contributed by atoms with Gasteiger partial charge in [0.15, 0.2) is 5.96 Å². The zero-order valence-corrected chi connectivity index (χ0v) is 12.9. The van der Waals surface area contributed by atoms with Gasteiger partial charge in [0.25, 0.3) is 0 Å². The quantitative estimate of drug-likeness (QED) is 0.915. The summed E-state index contributed by atoms with van der Waals surface area (Å²) in [5.74, 6) is 0.559. The Balaban J connectivity index is 2.03. The lowest BCUT2D eigenvalue weighted by molar-refractivity contribution is 0.761. The van der Waals surface area contributed by atoms with Crippen molar-refractivity contribution in [3.05, 3.63) is 64.2 Å². The average molecular weight is 300 g/mol. The van der Waals surface area contributed by atoms with Gasteiger partial charge in [-0.05, 0) is 54.8 Å². The maximum atomic E-state index is 6.11. The topological polar surface area (TPSA) is 41.6 Å². The van der Waals surface area contributed by atoms with Gasteiger partial charge in [-0.2, -0.15) is 0 Å². The highest BCUT2D eigenvalue weighted by Gasteiger charge is 2.29. The Bertz CT molecular complexity index is 692. The molecule has 1 atom stereocenters. The van der Waals surface area contributed by atoms with Gasteiger partial charge in [-0.25, -0.2) is 0 Å². The van der Waals surface area contributed by atoms with E-state index in [2.05, 4.69) is 41.9 Å². The first-order valence-electron chi connectivity index (χ1n) is 6.99. The van der Waals surface area contributed by atoms with Gasteiger partial charge in [0.1, 0.15) is 0 Å². The number of hydrogen-bond donors (Lipinski definition) is 1. The fraction of sp³-hybridized carbons (Fsp3) is 0.235. The number of aliphatic imine (C=N–C) groups is 1. The Morgan fingerprint density at radius 2 is 1.86 bits per heavy atom. The molecule has 0 aromatic heterocycles. The number of benzene rings is 2. The Kier molecular flexibility index (Phi) is 3.60. The number of halogens is 1. The largest absolute Gasteiger partial charge is 0.369 e. The van der Waals surface area contributed by atoms with Crippen LogP contribution in [0.1, 0.15) is 22.7 Å². The Morgan fingerprint density at radius 3 is 2.57 bits per heavy atom. The molecule has 1 aliphatic heterocycles. The molecule has 0 aliphatic carbocycles. The summed E-state index contributed by atoms with van der Waals surface area (Å²) in [5, 5.41) is 0.719. The summed E-state index contributed by atoms with van der Waals surface area (Å²) in [5.41, 5.74) is 11.0. The molecule has 0 radical (unpaired) electrons. The van der Waals surface area contributed by atoms with E-state index in [-0.39, 0.29) is 6.04 Å². The highest BCUT2D eigenvalue weighted by atomic mass is 35.5. The van der Waals surface area contributed by atoms with E-state index in [0.29, 0.717) is 12.5 Å². The third kappa shape index (κ3) is 2.49. The molecule has 4 heteroatoms. The van der Waals surface area contributed by atoms with E-state index in [9.17, 15) is 0 Å². The van der Waals surface area contributed by atoms with Crippen molar-refractivity contribution in [3.63, 3.8) is 0 Å². The molecule has 21 heavy (non-hydrogen) atoms. The first-order chi connectivity index (χ1) is 10.1. The van der Waals surface area contributed by atoms with Gasteiger partial charge in [-0.15, -0.1) is 0 Å². The van der Waals surface area contributed by atoms with Gasteiger partial charge in [-0.3, -0.25) is 4.99 Å². The summed E-state index contributed by atoms with van der Waals surface area (Å²) in [6.07, 6.45) is 0. The van der Waals surface area contributed by atoms with E-state index < -0.39 is 0 Å². The molecule has 3 nitrogen and oxygen atoms in total. The number of guanidine groups is 1. The summed E-state index contributed by atoms with van der Waals surface area (Å²) >= 11 is 5.97. The predicted molar refractivity (Wildman–Crippen MR) is 89.1 cm³/mol. The van der Waals surface area contributed by atoms with Crippen LogP contribution in [0, 0.1) is 13.8 Å². The van der Waals surface area contributed by atoms with Crippen LogP contribution in [0.25, 0.3) is 0 Å². The van der Waals surface area contributed by atoms with Crippen LogP contribution in [0.4, 0.5) is 5.69 Å². The van der Waals surface area contributed by atoms with Gasteiger partial charge in [-0.1, -0.05) is 29.8 Å². The number of nitrogens with two attached hydrogens (primary N) is 1. The van der Waals surface area contributed by atoms with E-state index in [4.69, 9.17) is 17.3 Å². The van der Waals surface area contributed by atoms with Crippen LogP contribution in [0.2, 0.25) is 5.02 Å². The molecule has 108 valence electrons. The van der Waals surface area contributed by atoms with Crippen LogP contribution in [0.5, 0.6) is 0 Å². The standard InChI is InChI=1S/C17H18ClN3/c1-11-4-3-5-15(12(11)2)16-10-20-17(19)21(16)14-8-6-13(18)7-9-14/h3-9,16H,10H2,1-2H3,(H2,19,20). The predicted octanol–water partition coefficient (Wildman–Crippen LogP) is 3.83. The second-order valence-electron chi connectivity index (χ2n) is 5.35. The second kappa shape index (κ2) is 5.41. The summed E-state index contributed by atoms with van der Waals surface area (Å²) < 4.78 is 0. The normalized spacial score (nSPS) is 18.0. The van der Waals surface area contributed by atoms with Crippen LogP contribution in [0.15, 0.2) is 47.5 Å². The van der Waals surface area contributed by atoms with Crippen molar-refractivity contribution in [1.82, 2.24) is 0 Å². The third-order valence-corrected chi connectivity index (χ3v) is 4.35. The molecule has 1 heterocycles. The summed E-state index contributed by atoms with van der Waals surface area (Å²) in [4.78, 5) is 6.51. The molecule has 1 aliphatic rings. The van der Waals surface area contributed by atoms with Gasteiger partial charge in [0, 0.05) is 10.7 Å². The molecule has 0 fully saturated rings. The summed E-state index contributed by atoms with van der Waals surface area (Å²) in [6.45, 7) is 4.96. The zero-order chi connectivity index (χ0) is 15.0. The van der Waals surface area contributed by atoms with E-state index in [0.717, 1.165) is 10.7 Å². The minimum Gasteiger partial charge on any atom is -0.369 e. The smallest absolute Gasteiger partial charge is 0.196 e. The molecule has 1 unspecified atom stereocenters. The monoisotopic (exact) mass is 299 g/mol. The van der Waals surface area contributed by atoms with Crippen molar-refractivity contribution in [2.75, 3.05) is 11.4 Å². The van der Waals surface area contributed by atoms with E-state index >= 15 is 0 Å². The maximum absolute atomic E-state index is 6.11. The highest BCUT2D eigenvalue weighted by molar-refractivity contribution is 6.30. The lowest BCUT2D eigenvalue weighted by Gasteiger charge is -2.28. The number of anilines is 1. The fourth-order valence-corrected chi connectivity index (χ4v) is 2.91. The SMILES string of the molecule is Cc1cccc(C2CN=C(N)N2c2ccc(Cl)cc2)c1C. The molecule has 0 spiro atoms. The molecule has 3 rings (SSSR count). The Morgan fingerprint density at radius 1 is 1.14 bits per heavy atom. The van der Waals surface area contributed by atoms with Crippen LogP contribution in [-0.4, -0.2) is 12.5 Å². The molecule has 0 saturated heterocycles. The van der Waals surface area contributed by atoms with Crippen LogP contribution < -0.4 is 10.6 Å². The molecule has 0 saturated carbocycles. The van der Waals surface area contributed by atoms with Crippen molar-refractivity contribution < 1.29 is 0 Å². The van der Waals surface area contributed by atoms with Crippen LogP contribution in [0.3, 0.4) is 0 Å². The Hall–Kier alpha value is -2.00. The summed E-state index contributed by atoms with van der Waals surface area (Å²) in [7, 11) is 0. The third-order valence-electron chi connectivity index (χ3n) is 4.10. The lowest BCUT2D eigenvalue weighted by Crippen LogP contribution is -2.36. The molecular formula is C17H18ClN3. The lowest BCUT2D eigenvalue weighted by atomic mass is 9.96. The summed E-state index contributed by atoms with van der Waals surface area (Å²) in [6, 6.07) is 14.2. The number of rotatable bonds is 2. The van der Waals surface area contributed by atoms with Crippen molar-refractivity contribution in [1.29, 1.82) is 0 Å². The Labute approximate surface area is 130 Å². The minimum absolute atomic E-state index is 0.145. The average Bonchev–Trinajstić information content (AvgIpc) is 2.85. The van der Waals surface area contributed by atoms with Gasteiger partial charge < -0.3 is 10.6 Å². The van der Waals surface area contributed by atoms with E-state index in [1.54, 1.807) is 0 Å². The minimum atomic E-state index is 0.145. The second-order valence-corrected chi connectivity index (χ2v) is 5.79. The number of aryl methyl sites for hydroxylation is 1. The van der Waals surface area contributed by atoms with Gasteiger partial charge in [0.05, 0.1) is 12.6 Å². The molecule has 2 aromatic rings. The van der Waals surface area contributed by atoms with Crippen molar-refractivity contribution in [2.45, 2.75) is 19.9 Å².